The predicted molar refractivity (Wildman–Crippen MR) is 81.3 cm³/mol. The van der Waals surface area contributed by atoms with Gasteiger partial charge in [0.1, 0.15) is 0 Å². The molecule has 1 atom stereocenters. The van der Waals surface area contributed by atoms with Crippen molar-refractivity contribution >= 4 is 23.0 Å². The first-order valence-electron chi connectivity index (χ1n) is 7.05. The molecule has 1 saturated heterocycles. The Balaban J connectivity index is 1.95. The van der Waals surface area contributed by atoms with Gasteiger partial charge >= 0.3 is 0 Å². The molecule has 0 spiro atoms. The summed E-state index contributed by atoms with van der Waals surface area (Å²) in [6.45, 7) is 5.94. The van der Waals surface area contributed by atoms with Gasteiger partial charge in [0.2, 0.25) is 5.91 Å². The minimum atomic E-state index is -0.362. The Morgan fingerprint density at radius 1 is 1.45 bits per heavy atom. The van der Waals surface area contributed by atoms with Gasteiger partial charge in [0.25, 0.3) is 0 Å². The van der Waals surface area contributed by atoms with E-state index in [-0.39, 0.29) is 17.1 Å². The van der Waals surface area contributed by atoms with Crippen molar-refractivity contribution in [2.45, 2.75) is 26.7 Å². The number of thiophene rings is 1. The first-order chi connectivity index (χ1) is 9.48. The lowest BCUT2D eigenvalue weighted by atomic mass is 9.89. The first-order valence-corrected chi connectivity index (χ1v) is 7.86. The van der Waals surface area contributed by atoms with E-state index in [1.54, 1.807) is 18.4 Å². The zero-order chi connectivity index (χ0) is 14.8. The highest BCUT2D eigenvalue weighted by molar-refractivity contribution is 7.14. The zero-order valence-corrected chi connectivity index (χ0v) is 13.2. The van der Waals surface area contributed by atoms with Crippen LogP contribution in [0.2, 0.25) is 0 Å². The summed E-state index contributed by atoms with van der Waals surface area (Å²) in [5.41, 5.74) is -0.362. The van der Waals surface area contributed by atoms with Gasteiger partial charge in [-0.25, -0.2) is 0 Å². The molecule has 0 aliphatic carbocycles. The number of likely N-dealkylation sites (tertiary alicyclic amines) is 1. The van der Waals surface area contributed by atoms with Gasteiger partial charge in [0, 0.05) is 18.5 Å². The number of amides is 1. The Labute approximate surface area is 124 Å². The quantitative estimate of drug-likeness (QED) is 0.845. The number of carbonyl (C=O) groups excluding carboxylic acids is 2. The first kappa shape index (κ1) is 15.2. The average Bonchev–Trinajstić information content (AvgIpc) is 3.05. The van der Waals surface area contributed by atoms with Crippen molar-refractivity contribution in [2.24, 2.45) is 5.41 Å². The molecule has 110 valence electrons. The maximum atomic E-state index is 12.2. The molecule has 4 nitrogen and oxygen atoms in total. The SMILES string of the molecule is CCc1ccc(C(=O)CN2CCC(C)(C(=O)NC)C2)s1. The van der Waals surface area contributed by atoms with Crippen LogP contribution in [0, 0.1) is 5.41 Å². The molecule has 1 N–H and O–H groups in total. The van der Waals surface area contributed by atoms with Crippen LogP contribution in [0.1, 0.15) is 34.8 Å². The normalized spacial score (nSPS) is 22.9. The number of carbonyl (C=O) groups is 2. The summed E-state index contributed by atoms with van der Waals surface area (Å²) in [6, 6.07) is 3.94. The van der Waals surface area contributed by atoms with Crippen LogP contribution < -0.4 is 5.32 Å². The van der Waals surface area contributed by atoms with Gasteiger partial charge in [-0.05, 0) is 38.4 Å². The molecule has 1 aromatic heterocycles. The van der Waals surface area contributed by atoms with Crippen LogP contribution in [-0.4, -0.2) is 43.3 Å². The third-order valence-electron chi connectivity index (χ3n) is 3.98. The van der Waals surface area contributed by atoms with E-state index >= 15 is 0 Å². The van der Waals surface area contributed by atoms with Crippen molar-refractivity contribution < 1.29 is 9.59 Å². The average molecular weight is 294 g/mol. The number of nitrogens with zero attached hydrogens (tertiary/aromatic N) is 1. The topological polar surface area (TPSA) is 49.4 Å². The van der Waals surface area contributed by atoms with E-state index in [1.807, 2.05) is 19.1 Å². The Morgan fingerprint density at radius 2 is 2.20 bits per heavy atom. The monoisotopic (exact) mass is 294 g/mol. The van der Waals surface area contributed by atoms with Gasteiger partial charge in [0.05, 0.1) is 16.8 Å². The molecule has 1 aliphatic heterocycles. The number of hydrogen-bond donors (Lipinski definition) is 1. The summed E-state index contributed by atoms with van der Waals surface area (Å²) in [5, 5.41) is 2.72. The molecule has 1 aliphatic rings. The van der Waals surface area contributed by atoms with Gasteiger partial charge in [-0.3, -0.25) is 14.5 Å². The summed E-state index contributed by atoms with van der Waals surface area (Å²) < 4.78 is 0. The Kier molecular flexibility index (Phi) is 4.60. The maximum absolute atomic E-state index is 12.2. The molecule has 20 heavy (non-hydrogen) atoms. The molecule has 2 heterocycles. The largest absolute Gasteiger partial charge is 0.359 e. The van der Waals surface area contributed by atoms with Crippen LogP contribution in [-0.2, 0) is 11.2 Å². The van der Waals surface area contributed by atoms with Crippen LogP contribution in [0.15, 0.2) is 12.1 Å². The summed E-state index contributed by atoms with van der Waals surface area (Å²) >= 11 is 1.58. The number of ketones is 1. The molecule has 2 rings (SSSR count). The third-order valence-corrected chi connectivity index (χ3v) is 5.25. The van der Waals surface area contributed by atoms with E-state index in [9.17, 15) is 9.59 Å². The van der Waals surface area contributed by atoms with E-state index in [1.165, 1.54) is 4.88 Å². The molecule has 0 radical (unpaired) electrons. The molecule has 5 heteroatoms. The van der Waals surface area contributed by atoms with Crippen LogP contribution in [0.25, 0.3) is 0 Å². The van der Waals surface area contributed by atoms with Crippen LogP contribution in [0.4, 0.5) is 0 Å². The van der Waals surface area contributed by atoms with Gasteiger partial charge in [0.15, 0.2) is 5.78 Å². The number of hydrogen-bond acceptors (Lipinski definition) is 4. The fourth-order valence-corrected chi connectivity index (χ4v) is 3.55. The van der Waals surface area contributed by atoms with Crippen molar-refractivity contribution in [2.75, 3.05) is 26.7 Å². The minimum Gasteiger partial charge on any atom is -0.359 e. The number of nitrogens with one attached hydrogen (secondary N) is 1. The summed E-state index contributed by atoms with van der Waals surface area (Å²) in [4.78, 5) is 28.3. The fraction of sp³-hybridized carbons (Fsp3) is 0.600. The van der Waals surface area contributed by atoms with Crippen LogP contribution >= 0.6 is 11.3 Å². The molecule has 1 fully saturated rings. The van der Waals surface area contributed by atoms with E-state index in [0.29, 0.717) is 13.1 Å². The molecule has 1 unspecified atom stereocenters. The van der Waals surface area contributed by atoms with Crippen molar-refractivity contribution in [3.05, 3.63) is 21.9 Å². The standard InChI is InChI=1S/C15H22N2O2S/c1-4-11-5-6-13(20-11)12(18)9-17-8-7-15(2,10-17)14(19)16-3/h5-6H,4,7-10H2,1-3H3,(H,16,19). The molecular formula is C15H22N2O2S. The highest BCUT2D eigenvalue weighted by Gasteiger charge is 2.40. The Hall–Kier alpha value is -1.20. The molecule has 0 saturated carbocycles. The van der Waals surface area contributed by atoms with Gasteiger partial charge in [-0.2, -0.15) is 0 Å². The lowest BCUT2D eigenvalue weighted by molar-refractivity contribution is -0.129. The summed E-state index contributed by atoms with van der Waals surface area (Å²) in [6.07, 6.45) is 1.78. The van der Waals surface area contributed by atoms with Gasteiger partial charge in [-0.1, -0.05) is 6.92 Å². The lowest BCUT2D eigenvalue weighted by Crippen LogP contribution is -2.39. The van der Waals surface area contributed by atoms with Crippen molar-refractivity contribution in [1.82, 2.24) is 10.2 Å². The number of rotatable bonds is 5. The zero-order valence-electron chi connectivity index (χ0n) is 12.4. The molecule has 0 bridgehead atoms. The summed E-state index contributed by atoms with van der Waals surface area (Å²) in [5.74, 6) is 0.229. The third kappa shape index (κ3) is 3.10. The molecular weight excluding hydrogens is 272 g/mol. The number of aryl methyl sites for hydroxylation is 1. The van der Waals surface area contributed by atoms with E-state index in [0.717, 1.165) is 24.3 Å². The minimum absolute atomic E-state index is 0.0665. The Morgan fingerprint density at radius 3 is 2.80 bits per heavy atom. The molecule has 1 amide bonds. The van der Waals surface area contributed by atoms with E-state index < -0.39 is 0 Å². The molecule has 1 aromatic rings. The highest BCUT2D eigenvalue weighted by atomic mass is 32.1. The second-order valence-electron chi connectivity index (χ2n) is 5.64. The molecule has 0 aromatic carbocycles. The summed E-state index contributed by atoms with van der Waals surface area (Å²) in [7, 11) is 1.67. The smallest absolute Gasteiger partial charge is 0.227 e. The Bertz CT molecular complexity index is 512. The fourth-order valence-electron chi connectivity index (χ4n) is 2.68. The lowest BCUT2D eigenvalue weighted by Gasteiger charge is -2.22. The highest BCUT2D eigenvalue weighted by Crippen LogP contribution is 2.30. The van der Waals surface area contributed by atoms with Crippen LogP contribution in [0.5, 0.6) is 0 Å². The van der Waals surface area contributed by atoms with Crippen molar-refractivity contribution in [3.63, 3.8) is 0 Å². The second kappa shape index (κ2) is 6.06. The van der Waals surface area contributed by atoms with Crippen LogP contribution in [0.3, 0.4) is 0 Å². The number of Topliss-reactive ketones (excluding diaryl/α,β-unsaturated/α-hetero) is 1. The van der Waals surface area contributed by atoms with Crippen molar-refractivity contribution in [3.8, 4) is 0 Å². The van der Waals surface area contributed by atoms with Gasteiger partial charge in [-0.15, -0.1) is 11.3 Å². The van der Waals surface area contributed by atoms with E-state index in [4.69, 9.17) is 0 Å². The van der Waals surface area contributed by atoms with Gasteiger partial charge < -0.3 is 5.32 Å². The second-order valence-corrected chi connectivity index (χ2v) is 6.81. The maximum Gasteiger partial charge on any atom is 0.227 e. The van der Waals surface area contributed by atoms with E-state index in [2.05, 4.69) is 17.1 Å². The van der Waals surface area contributed by atoms with Crippen molar-refractivity contribution in [1.29, 1.82) is 0 Å². The predicted octanol–water partition coefficient (Wildman–Crippen LogP) is 1.95.